The van der Waals surface area contributed by atoms with E-state index in [1.54, 1.807) is 22.3 Å². The number of rotatable bonds is 2. The van der Waals surface area contributed by atoms with Crippen molar-refractivity contribution in [3.8, 4) is 0 Å². The fraction of sp³-hybridized carbons (Fsp3) is 0.222. The smallest absolute Gasteiger partial charge is 0.257 e. The molecule has 0 N–H and O–H groups in total. The third-order valence-corrected chi connectivity index (χ3v) is 5.30. The number of nitrogens with zero attached hydrogens (tertiary/aromatic N) is 2. The molecule has 0 radical (unpaired) electrons. The van der Waals surface area contributed by atoms with Crippen molar-refractivity contribution in [2.24, 2.45) is 0 Å². The van der Waals surface area contributed by atoms with Crippen molar-refractivity contribution < 1.29 is 14.0 Å². The second-order valence-corrected chi connectivity index (χ2v) is 6.65. The van der Waals surface area contributed by atoms with Gasteiger partial charge in [0.2, 0.25) is 0 Å². The summed E-state index contributed by atoms with van der Waals surface area (Å²) >= 11 is 1.59. The largest absolute Gasteiger partial charge is 0.472 e. The van der Waals surface area contributed by atoms with E-state index >= 15 is 0 Å². The summed E-state index contributed by atoms with van der Waals surface area (Å²) in [4.78, 5) is 28.7. The molecule has 3 aromatic rings. The van der Waals surface area contributed by atoms with Crippen LogP contribution in [0.5, 0.6) is 0 Å². The van der Waals surface area contributed by atoms with Gasteiger partial charge in [0.15, 0.2) is 0 Å². The molecule has 2 aromatic heterocycles. The Morgan fingerprint density at radius 3 is 2.38 bits per heavy atom. The number of piperazine rings is 1. The molecule has 6 heteroatoms. The SMILES string of the molecule is O=C(c1ccoc1)N1CCN(C(=O)c2csc3ccccc23)CC1. The Balaban J connectivity index is 1.46. The van der Waals surface area contributed by atoms with Crippen LogP contribution in [-0.4, -0.2) is 47.8 Å². The minimum absolute atomic E-state index is 0.0443. The molecule has 122 valence electrons. The Morgan fingerprint density at radius 1 is 0.958 bits per heavy atom. The molecular weight excluding hydrogens is 324 g/mol. The van der Waals surface area contributed by atoms with Crippen LogP contribution in [0.1, 0.15) is 20.7 Å². The van der Waals surface area contributed by atoms with Gasteiger partial charge in [-0.25, -0.2) is 0 Å². The van der Waals surface area contributed by atoms with Crippen LogP contribution in [-0.2, 0) is 0 Å². The number of hydrogen-bond donors (Lipinski definition) is 0. The standard InChI is InChI=1S/C18H16N2O3S/c21-17(13-5-10-23-11-13)19-6-8-20(9-7-19)18(22)15-12-24-16-4-2-1-3-14(15)16/h1-5,10-12H,6-9H2. The van der Waals surface area contributed by atoms with E-state index < -0.39 is 0 Å². The maximum atomic E-state index is 12.8. The molecule has 0 atom stereocenters. The molecule has 5 nitrogen and oxygen atoms in total. The lowest BCUT2D eigenvalue weighted by Gasteiger charge is -2.34. The molecule has 24 heavy (non-hydrogen) atoms. The van der Waals surface area contributed by atoms with Crippen molar-refractivity contribution in [2.45, 2.75) is 0 Å². The first kappa shape index (κ1) is 15.0. The number of amides is 2. The Morgan fingerprint density at radius 2 is 1.67 bits per heavy atom. The first-order valence-corrected chi connectivity index (χ1v) is 8.69. The van der Waals surface area contributed by atoms with Crippen molar-refractivity contribution in [1.29, 1.82) is 0 Å². The molecule has 1 saturated heterocycles. The lowest BCUT2D eigenvalue weighted by atomic mass is 10.1. The highest BCUT2D eigenvalue weighted by Crippen LogP contribution is 2.27. The van der Waals surface area contributed by atoms with E-state index in [4.69, 9.17) is 4.42 Å². The third-order valence-electron chi connectivity index (χ3n) is 4.33. The van der Waals surface area contributed by atoms with Gasteiger partial charge in [0, 0.05) is 41.6 Å². The maximum Gasteiger partial charge on any atom is 0.257 e. The van der Waals surface area contributed by atoms with Gasteiger partial charge in [-0.15, -0.1) is 11.3 Å². The molecule has 0 bridgehead atoms. The van der Waals surface area contributed by atoms with Gasteiger partial charge in [0.05, 0.1) is 17.4 Å². The number of carbonyl (C=O) groups excluding carboxylic acids is 2. The Labute approximate surface area is 143 Å². The first-order chi connectivity index (χ1) is 11.7. The van der Waals surface area contributed by atoms with Crippen molar-refractivity contribution in [3.63, 3.8) is 0 Å². The average Bonchev–Trinajstić information content (AvgIpc) is 3.30. The lowest BCUT2D eigenvalue weighted by molar-refractivity contribution is 0.0536. The van der Waals surface area contributed by atoms with Gasteiger partial charge in [-0.2, -0.15) is 0 Å². The first-order valence-electron chi connectivity index (χ1n) is 7.81. The highest BCUT2D eigenvalue weighted by atomic mass is 32.1. The summed E-state index contributed by atoms with van der Waals surface area (Å²) in [5.41, 5.74) is 1.31. The summed E-state index contributed by atoms with van der Waals surface area (Å²) in [6, 6.07) is 9.61. The van der Waals surface area contributed by atoms with Gasteiger partial charge in [0.25, 0.3) is 11.8 Å². The topological polar surface area (TPSA) is 53.8 Å². The highest BCUT2D eigenvalue weighted by molar-refractivity contribution is 7.17. The molecule has 3 heterocycles. The molecule has 4 rings (SSSR count). The molecule has 1 aromatic carbocycles. The van der Waals surface area contributed by atoms with Gasteiger partial charge in [-0.05, 0) is 12.1 Å². The molecular formula is C18H16N2O3S. The van der Waals surface area contributed by atoms with Crippen LogP contribution >= 0.6 is 11.3 Å². The highest BCUT2D eigenvalue weighted by Gasteiger charge is 2.27. The number of thiophene rings is 1. The molecule has 0 saturated carbocycles. The van der Waals surface area contributed by atoms with E-state index in [2.05, 4.69) is 0 Å². The summed E-state index contributed by atoms with van der Waals surface area (Å²) in [5.74, 6) is -0.000285. The summed E-state index contributed by atoms with van der Waals surface area (Å²) in [6.07, 6.45) is 2.95. The van der Waals surface area contributed by atoms with E-state index in [0.29, 0.717) is 31.7 Å². The van der Waals surface area contributed by atoms with Gasteiger partial charge < -0.3 is 14.2 Å². The van der Waals surface area contributed by atoms with E-state index in [0.717, 1.165) is 15.6 Å². The summed E-state index contributed by atoms with van der Waals surface area (Å²) in [5, 5.41) is 2.93. The quantitative estimate of drug-likeness (QED) is 0.720. The molecule has 0 spiro atoms. The third kappa shape index (κ3) is 2.59. The van der Waals surface area contributed by atoms with E-state index in [1.165, 1.54) is 12.5 Å². The van der Waals surface area contributed by atoms with Crippen molar-refractivity contribution in [2.75, 3.05) is 26.2 Å². The number of furan rings is 1. The lowest BCUT2D eigenvalue weighted by Crippen LogP contribution is -2.50. The number of fused-ring (bicyclic) bond motifs is 1. The van der Waals surface area contributed by atoms with Crippen molar-refractivity contribution >= 4 is 33.2 Å². The number of benzene rings is 1. The summed E-state index contributed by atoms with van der Waals surface area (Å²) in [7, 11) is 0. The van der Waals surface area contributed by atoms with Crippen LogP contribution in [0, 0.1) is 0 Å². The molecule has 0 unspecified atom stereocenters. The van der Waals surface area contributed by atoms with Crippen LogP contribution in [0.15, 0.2) is 52.7 Å². The monoisotopic (exact) mass is 340 g/mol. The average molecular weight is 340 g/mol. The van der Waals surface area contributed by atoms with Crippen LogP contribution in [0.25, 0.3) is 10.1 Å². The Bertz CT molecular complexity index is 877. The number of carbonyl (C=O) groups is 2. The molecule has 2 amide bonds. The minimum atomic E-state index is -0.0446. The zero-order chi connectivity index (χ0) is 16.5. The second-order valence-electron chi connectivity index (χ2n) is 5.74. The van der Waals surface area contributed by atoms with E-state index in [9.17, 15) is 9.59 Å². The maximum absolute atomic E-state index is 12.8. The van der Waals surface area contributed by atoms with Gasteiger partial charge >= 0.3 is 0 Å². The van der Waals surface area contributed by atoms with E-state index in [1.807, 2.05) is 34.5 Å². The Hall–Kier alpha value is -2.60. The molecule has 1 fully saturated rings. The predicted molar refractivity (Wildman–Crippen MR) is 92.3 cm³/mol. The number of hydrogen-bond acceptors (Lipinski definition) is 4. The second kappa shape index (κ2) is 6.13. The fourth-order valence-corrected chi connectivity index (χ4v) is 3.93. The van der Waals surface area contributed by atoms with Crippen molar-refractivity contribution in [1.82, 2.24) is 9.80 Å². The van der Waals surface area contributed by atoms with Crippen LogP contribution in [0.3, 0.4) is 0 Å². The van der Waals surface area contributed by atoms with Crippen LogP contribution in [0.2, 0.25) is 0 Å². The Kier molecular flexibility index (Phi) is 3.82. The van der Waals surface area contributed by atoms with Crippen LogP contribution in [0.4, 0.5) is 0 Å². The summed E-state index contributed by atoms with van der Waals surface area (Å²) in [6.45, 7) is 2.18. The summed E-state index contributed by atoms with van der Waals surface area (Å²) < 4.78 is 6.08. The predicted octanol–water partition coefficient (Wildman–Crippen LogP) is 3.09. The zero-order valence-corrected chi connectivity index (χ0v) is 13.8. The van der Waals surface area contributed by atoms with Crippen LogP contribution < -0.4 is 0 Å². The van der Waals surface area contributed by atoms with Gasteiger partial charge in [-0.3, -0.25) is 9.59 Å². The van der Waals surface area contributed by atoms with Gasteiger partial charge in [-0.1, -0.05) is 18.2 Å². The molecule has 1 aliphatic rings. The van der Waals surface area contributed by atoms with E-state index in [-0.39, 0.29) is 11.8 Å². The van der Waals surface area contributed by atoms with Crippen molar-refractivity contribution in [3.05, 3.63) is 59.4 Å². The fourth-order valence-electron chi connectivity index (χ4n) is 3.00. The molecule has 1 aliphatic heterocycles. The molecule has 0 aliphatic carbocycles. The zero-order valence-electron chi connectivity index (χ0n) is 13.0. The minimum Gasteiger partial charge on any atom is -0.472 e. The van der Waals surface area contributed by atoms with Gasteiger partial charge in [0.1, 0.15) is 6.26 Å². The normalized spacial score (nSPS) is 15.0.